The van der Waals surface area contributed by atoms with E-state index < -0.39 is 5.97 Å². The van der Waals surface area contributed by atoms with Crippen molar-refractivity contribution in [3.8, 4) is 11.3 Å². The molecule has 0 aliphatic carbocycles. The van der Waals surface area contributed by atoms with Gasteiger partial charge in [0.2, 0.25) is 0 Å². The predicted octanol–water partition coefficient (Wildman–Crippen LogP) is 2.33. The van der Waals surface area contributed by atoms with Crippen LogP contribution < -0.4 is 5.32 Å². The second-order valence-electron chi connectivity index (χ2n) is 5.79. The summed E-state index contributed by atoms with van der Waals surface area (Å²) in [5.41, 5.74) is 3.69. The van der Waals surface area contributed by atoms with Gasteiger partial charge in [-0.15, -0.1) is 0 Å². The van der Waals surface area contributed by atoms with Gasteiger partial charge >= 0.3 is 5.97 Å². The maximum Gasteiger partial charge on any atom is 0.325 e. The van der Waals surface area contributed by atoms with Gasteiger partial charge in [0, 0.05) is 23.2 Å². The molecule has 26 heavy (non-hydrogen) atoms. The third kappa shape index (κ3) is 3.28. The van der Waals surface area contributed by atoms with Crippen LogP contribution in [0, 0.1) is 6.92 Å². The molecule has 0 aliphatic rings. The van der Waals surface area contributed by atoms with E-state index in [-0.39, 0.29) is 12.5 Å². The zero-order valence-corrected chi connectivity index (χ0v) is 14.9. The molecule has 1 aromatic carbocycles. The van der Waals surface area contributed by atoms with Crippen molar-refractivity contribution in [2.24, 2.45) is 0 Å². The highest BCUT2D eigenvalue weighted by molar-refractivity contribution is 6.07. The summed E-state index contributed by atoms with van der Waals surface area (Å²) in [6.45, 7) is 4.56. The van der Waals surface area contributed by atoms with Crippen LogP contribution in [-0.2, 0) is 16.1 Å². The number of hydrogen-bond donors (Lipinski definition) is 1. The molecule has 0 aliphatic heterocycles. The van der Waals surface area contributed by atoms with Crippen LogP contribution in [0.1, 0.15) is 23.0 Å². The summed E-state index contributed by atoms with van der Waals surface area (Å²) in [7, 11) is 1.28. The topological polar surface area (TPSA) is 86.1 Å². The van der Waals surface area contributed by atoms with Gasteiger partial charge in [-0.25, -0.2) is 4.98 Å². The molecule has 7 heteroatoms. The first-order valence-electron chi connectivity index (χ1n) is 8.32. The second kappa shape index (κ2) is 7.35. The Morgan fingerprint density at radius 3 is 2.73 bits per heavy atom. The van der Waals surface area contributed by atoms with Crippen molar-refractivity contribution in [3.63, 3.8) is 0 Å². The van der Waals surface area contributed by atoms with Gasteiger partial charge in [0.05, 0.1) is 30.1 Å². The molecule has 2 heterocycles. The summed E-state index contributed by atoms with van der Waals surface area (Å²) in [6, 6.07) is 9.15. The largest absolute Gasteiger partial charge is 0.468 e. The number of amides is 1. The summed E-state index contributed by atoms with van der Waals surface area (Å²) in [4.78, 5) is 28.6. The van der Waals surface area contributed by atoms with Gasteiger partial charge in [-0.05, 0) is 26.0 Å². The zero-order valence-electron chi connectivity index (χ0n) is 14.9. The van der Waals surface area contributed by atoms with E-state index >= 15 is 0 Å². The van der Waals surface area contributed by atoms with E-state index in [0.29, 0.717) is 16.8 Å². The van der Waals surface area contributed by atoms with Crippen LogP contribution in [0.15, 0.2) is 36.5 Å². The van der Waals surface area contributed by atoms with E-state index in [1.165, 1.54) is 7.11 Å². The summed E-state index contributed by atoms with van der Waals surface area (Å²) < 4.78 is 6.45. The standard InChI is InChI=1S/C19H20N4O3/c1-4-23-12(2)15(10-21-23)17-9-14(19(25)20-11-18(24)26-3)13-7-5-6-8-16(13)22-17/h5-10H,4,11H2,1-3H3,(H,20,25). The lowest BCUT2D eigenvalue weighted by Gasteiger charge is -2.10. The van der Waals surface area contributed by atoms with Crippen LogP contribution in [0.4, 0.5) is 0 Å². The number of carbonyl (C=O) groups excluding carboxylic acids is 2. The SMILES string of the molecule is CCn1ncc(-c2cc(C(=O)NCC(=O)OC)c3ccccc3n2)c1C. The summed E-state index contributed by atoms with van der Waals surface area (Å²) in [5, 5.41) is 7.66. The molecule has 0 bridgehead atoms. The lowest BCUT2D eigenvalue weighted by molar-refractivity contribution is -0.139. The van der Waals surface area contributed by atoms with Crippen molar-refractivity contribution in [3.05, 3.63) is 47.8 Å². The molecule has 1 N–H and O–H groups in total. The van der Waals surface area contributed by atoms with E-state index in [1.54, 1.807) is 12.3 Å². The lowest BCUT2D eigenvalue weighted by atomic mass is 10.0. The Kier molecular flexibility index (Phi) is 4.97. The van der Waals surface area contributed by atoms with Crippen LogP contribution in [0.25, 0.3) is 22.2 Å². The van der Waals surface area contributed by atoms with Crippen molar-refractivity contribution in [2.75, 3.05) is 13.7 Å². The first-order valence-corrected chi connectivity index (χ1v) is 8.32. The fourth-order valence-corrected chi connectivity index (χ4v) is 2.84. The van der Waals surface area contributed by atoms with E-state index in [4.69, 9.17) is 0 Å². The van der Waals surface area contributed by atoms with E-state index in [0.717, 1.165) is 23.2 Å². The molecule has 0 saturated carbocycles. The number of aryl methyl sites for hydroxylation is 1. The molecule has 7 nitrogen and oxygen atoms in total. The normalized spacial score (nSPS) is 10.7. The molecule has 3 aromatic rings. The number of esters is 1. The Hall–Kier alpha value is -3.22. The Morgan fingerprint density at radius 1 is 1.27 bits per heavy atom. The molecule has 3 rings (SSSR count). The number of para-hydroxylation sites is 1. The smallest absolute Gasteiger partial charge is 0.325 e. The van der Waals surface area contributed by atoms with Crippen molar-refractivity contribution in [1.29, 1.82) is 0 Å². The van der Waals surface area contributed by atoms with Gasteiger partial charge < -0.3 is 10.1 Å². The van der Waals surface area contributed by atoms with Crippen LogP contribution in [-0.4, -0.2) is 40.3 Å². The monoisotopic (exact) mass is 352 g/mol. The highest BCUT2D eigenvalue weighted by Crippen LogP contribution is 2.27. The first kappa shape index (κ1) is 17.6. The highest BCUT2D eigenvalue weighted by atomic mass is 16.5. The van der Waals surface area contributed by atoms with Gasteiger partial charge in [0.25, 0.3) is 5.91 Å². The highest BCUT2D eigenvalue weighted by Gasteiger charge is 2.17. The van der Waals surface area contributed by atoms with E-state index in [1.807, 2.05) is 42.8 Å². The van der Waals surface area contributed by atoms with Gasteiger partial charge in [0.1, 0.15) is 6.54 Å². The fourth-order valence-electron chi connectivity index (χ4n) is 2.84. The number of nitrogens with zero attached hydrogens (tertiary/aromatic N) is 3. The Labute approximate surface area is 151 Å². The number of pyridine rings is 1. The lowest BCUT2D eigenvalue weighted by Crippen LogP contribution is -2.30. The van der Waals surface area contributed by atoms with Crippen molar-refractivity contribution in [1.82, 2.24) is 20.1 Å². The van der Waals surface area contributed by atoms with Crippen molar-refractivity contribution < 1.29 is 14.3 Å². The fraction of sp³-hybridized carbons (Fsp3) is 0.263. The van der Waals surface area contributed by atoms with Crippen LogP contribution in [0.5, 0.6) is 0 Å². The van der Waals surface area contributed by atoms with Crippen molar-refractivity contribution >= 4 is 22.8 Å². The maximum atomic E-state index is 12.6. The number of rotatable bonds is 5. The number of nitrogens with one attached hydrogen (secondary N) is 1. The summed E-state index contributed by atoms with van der Waals surface area (Å²) in [6.07, 6.45) is 1.76. The Morgan fingerprint density at radius 2 is 2.04 bits per heavy atom. The molecule has 0 spiro atoms. The average Bonchev–Trinajstić information content (AvgIpc) is 3.05. The molecular formula is C19H20N4O3. The molecule has 0 radical (unpaired) electrons. The Bertz CT molecular complexity index is 978. The molecule has 0 unspecified atom stereocenters. The number of fused-ring (bicyclic) bond motifs is 1. The average molecular weight is 352 g/mol. The number of aromatic nitrogens is 3. The van der Waals surface area contributed by atoms with Gasteiger partial charge in [0.15, 0.2) is 0 Å². The minimum Gasteiger partial charge on any atom is -0.468 e. The zero-order chi connectivity index (χ0) is 18.7. The number of ether oxygens (including phenoxy) is 1. The van der Waals surface area contributed by atoms with Crippen LogP contribution >= 0.6 is 0 Å². The first-order chi connectivity index (χ1) is 12.5. The molecule has 0 atom stereocenters. The maximum absolute atomic E-state index is 12.6. The molecule has 134 valence electrons. The van der Waals surface area contributed by atoms with Crippen molar-refractivity contribution in [2.45, 2.75) is 20.4 Å². The quantitative estimate of drug-likeness (QED) is 0.712. The Balaban J connectivity index is 2.08. The minimum absolute atomic E-state index is 0.186. The third-order valence-electron chi connectivity index (χ3n) is 4.26. The van der Waals surface area contributed by atoms with Crippen LogP contribution in [0.3, 0.4) is 0 Å². The summed E-state index contributed by atoms with van der Waals surface area (Å²) >= 11 is 0. The molecular weight excluding hydrogens is 332 g/mol. The van der Waals surface area contributed by atoms with Crippen LogP contribution in [0.2, 0.25) is 0 Å². The number of hydrogen-bond acceptors (Lipinski definition) is 5. The molecule has 2 aromatic heterocycles. The number of carbonyl (C=O) groups is 2. The second-order valence-corrected chi connectivity index (χ2v) is 5.79. The molecule has 0 saturated heterocycles. The minimum atomic E-state index is -0.503. The van der Waals surface area contributed by atoms with Gasteiger partial charge in [-0.1, -0.05) is 18.2 Å². The number of methoxy groups -OCH3 is 1. The van der Waals surface area contributed by atoms with Gasteiger partial charge in [-0.2, -0.15) is 5.10 Å². The molecule has 1 amide bonds. The van der Waals surface area contributed by atoms with Gasteiger partial charge in [-0.3, -0.25) is 14.3 Å². The third-order valence-corrected chi connectivity index (χ3v) is 4.26. The molecule has 0 fully saturated rings. The summed E-state index contributed by atoms with van der Waals surface area (Å²) in [5.74, 6) is -0.854. The number of benzene rings is 1. The van der Waals surface area contributed by atoms with E-state index in [9.17, 15) is 9.59 Å². The van der Waals surface area contributed by atoms with E-state index in [2.05, 4.69) is 20.1 Å². The predicted molar refractivity (Wildman–Crippen MR) is 97.7 cm³/mol.